The Balaban J connectivity index is 2.41. The summed E-state index contributed by atoms with van der Waals surface area (Å²) in [5.41, 5.74) is 1.43. The van der Waals surface area contributed by atoms with E-state index in [0.29, 0.717) is 11.6 Å². The predicted molar refractivity (Wildman–Crippen MR) is 56.9 cm³/mol. The average Bonchev–Trinajstić information content (AvgIpc) is 2.18. The van der Waals surface area contributed by atoms with Crippen LogP contribution in [-0.4, -0.2) is 11.5 Å². The second-order valence-corrected chi connectivity index (χ2v) is 3.65. The Morgan fingerprint density at radius 2 is 2.29 bits per heavy atom. The molecule has 1 N–H and O–H groups in total. The van der Waals surface area contributed by atoms with Crippen LogP contribution in [0, 0.1) is 17.2 Å². The fourth-order valence-electron chi connectivity index (χ4n) is 1.07. The Hall–Kier alpha value is -1.56. The van der Waals surface area contributed by atoms with Gasteiger partial charge in [-0.15, -0.1) is 0 Å². The first-order valence-electron chi connectivity index (χ1n) is 4.82. The number of anilines is 1. The van der Waals surface area contributed by atoms with Crippen molar-refractivity contribution in [1.82, 2.24) is 4.98 Å². The van der Waals surface area contributed by atoms with Gasteiger partial charge in [-0.05, 0) is 24.5 Å². The highest BCUT2D eigenvalue weighted by Gasteiger charge is 1.95. The second-order valence-electron chi connectivity index (χ2n) is 3.65. The van der Waals surface area contributed by atoms with E-state index in [1.807, 2.05) is 12.1 Å². The molecule has 0 saturated carbocycles. The van der Waals surface area contributed by atoms with Crippen LogP contribution < -0.4 is 5.32 Å². The van der Waals surface area contributed by atoms with E-state index >= 15 is 0 Å². The molecule has 0 bridgehead atoms. The molecule has 0 spiro atoms. The standard InChI is InChI=1S/C11H15N3/c1-9(2)5-6-13-11-4-3-10(7-12)14-8-11/h3-4,8-9,13H,5-6H2,1-2H3. The highest BCUT2D eigenvalue weighted by molar-refractivity contribution is 5.42. The zero-order valence-corrected chi connectivity index (χ0v) is 8.62. The molecule has 3 nitrogen and oxygen atoms in total. The molecule has 1 rings (SSSR count). The summed E-state index contributed by atoms with van der Waals surface area (Å²) in [5.74, 6) is 0.703. The molecule has 1 aromatic heterocycles. The van der Waals surface area contributed by atoms with Gasteiger partial charge in [-0.1, -0.05) is 13.8 Å². The van der Waals surface area contributed by atoms with Crippen molar-refractivity contribution in [1.29, 1.82) is 5.26 Å². The van der Waals surface area contributed by atoms with Crippen LogP contribution in [0.2, 0.25) is 0 Å². The largest absolute Gasteiger partial charge is 0.384 e. The van der Waals surface area contributed by atoms with E-state index in [4.69, 9.17) is 5.26 Å². The van der Waals surface area contributed by atoms with Crippen molar-refractivity contribution in [2.75, 3.05) is 11.9 Å². The monoisotopic (exact) mass is 189 g/mol. The molecule has 0 aliphatic rings. The van der Waals surface area contributed by atoms with E-state index in [-0.39, 0.29) is 0 Å². The number of nitriles is 1. The Kier molecular flexibility index (Phi) is 3.93. The molecule has 0 amide bonds. The lowest BCUT2D eigenvalue weighted by molar-refractivity contribution is 0.607. The van der Waals surface area contributed by atoms with Gasteiger partial charge in [0.15, 0.2) is 0 Å². The van der Waals surface area contributed by atoms with E-state index < -0.39 is 0 Å². The van der Waals surface area contributed by atoms with Crippen molar-refractivity contribution in [3.8, 4) is 6.07 Å². The number of nitrogens with zero attached hydrogens (tertiary/aromatic N) is 2. The SMILES string of the molecule is CC(C)CCNc1ccc(C#N)nc1. The Bertz CT molecular complexity index is 308. The summed E-state index contributed by atoms with van der Waals surface area (Å²) >= 11 is 0. The van der Waals surface area contributed by atoms with Crippen LogP contribution in [-0.2, 0) is 0 Å². The van der Waals surface area contributed by atoms with Gasteiger partial charge in [0.25, 0.3) is 0 Å². The minimum Gasteiger partial charge on any atom is -0.384 e. The van der Waals surface area contributed by atoms with Gasteiger partial charge in [-0.2, -0.15) is 5.26 Å². The first-order valence-corrected chi connectivity index (χ1v) is 4.82. The molecule has 0 saturated heterocycles. The normalized spacial score (nSPS) is 9.86. The van der Waals surface area contributed by atoms with E-state index in [9.17, 15) is 0 Å². The number of nitrogens with one attached hydrogen (secondary N) is 1. The molecule has 74 valence electrons. The predicted octanol–water partition coefficient (Wildman–Crippen LogP) is 2.41. The van der Waals surface area contributed by atoms with E-state index in [1.165, 1.54) is 0 Å². The summed E-state index contributed by atoms with van der Waals surface area (Å²) in [6.45, 7) is 5.34. The van der Waals surface area contributed by atoms with Gasteiger partial charge in [0, 0.05) is 6.54 Å². The molecule has 14 heavy (non-hydrogen) atoms. The van der Waals surface area contributed by atoms with Crippen LogP contribution in [0.3, 0.4) is 0 Å². The first-order chi connectivity index (χ1) is 6.72. The smallest absolute Gasteiger partial charge is 0.140 e. The lowest BCUT2D eigenvalue weighted by Gasteiger charge is -2.07. The summed E-state index contributed by atoms with van der Waals surface area (Å²) in [5, 5.41) is 11.8. The van der Waals surface area contributed by atoms with Crippen LogP contribution in [0.15, 0.2) is 18.3 Å². The fraction of sp³-hybridized carbons (Fsp3) is 0.455. The first kappa shape index (κ1) is 10.5. The minimum atomic E-state index is 0.458. The average molecular weight is 189 g/mol. The summed E-state index contributed by atoms with van der Waals surface area (Å²) in [7, 11) is 0. The quantitative estimate of drug-likeness (QED) is 0.791. The maximum atomic E-state index is 8.54. The Labute approximate surface area is 84.8 Å². The van der Waals surface area contributed by atoms with Gasteiger partial charge in [0.1, 0.15) is 11.8 Å². The van der Waals surface area contributed by atoms with Crippen LogP contribution in [0.5, 0.6) is 0 Å². The number of pyridine rings is 1. The molecule has 1 heterocycles. The molecule has 0 unspecified atom stereocenters. The molecule has 1 aromatic rings. The van der Waals surface area contributed by atoms with Crippen LogP contribution in [0.4, 0.5) is 5.69 Å². The van der Waals surface area contributed by atoms with Crippen molar-refractivity contribution >= 4 is 5.69 Å². The van der Waals surface area contributed by atoms with E-state index in [2.05, 4.69) is 24.1 Å². The molecule has 0 aliphatic carbocycles. The number of aromatic nitrogens is 1. The third-order valence-corrected chi connectivity index (χ3v) is 1.93. The molecule has 0 aliphatic heterocycles. The molecular weight excluding hydrogens is 174 g/mol. The lowest BCUT2D eigenvalue weighted by Crippen LogP contribution is -2.04. The maximum Gasteiger partial charge on any atom is 0.140 e. The maximum absolute atomic E-state index is 8.54. The van der Waals surface area contributed by atoms with Crippen molar-refractivity contribution in [2.45, 2.75) is 20.3 Å². The third-order valence-electron chi connectivity index (χ3n) is 1.93. The van der Waals surface area contributed by atoms with E-state index in [1.54, 1.807) is 12.3 Å². The minimum absolute atomic E-state index is 0.458. The number of hydrogen-bond acceptors (Lipinski definition) is 3. The molecule has 3 heteroatoms. The zero-order valence-electron chi connectivity index (χ0n) is 8.62. The summed E-state index contributed by atoms with van der Waals surface area (Å²) in [6.07, 6.45) is 2.83. The van der Waals surface area contributed by atoms with Crippen molar-refractivity contribution in [3.63, 3.8) is 0 Å². The summed E-state index contributed by atoms with van der Waals surface area (Å²) in [6, 6.07) is 5.59. The highest BCUT2D eigenvalue weighted by atomic mass is 14.9. The molecule has 0 aromatic carbocycles. The second kappa shape index (κ2) is 5.23. The van der Waals surface area contributed by atoms with Crippen LogP contribution in [0.1, 0.15) is 26.0 Å². The Morgan fingerprint density at radius 1 is 1.50 bits per heavy atom. The molecule has 0 atom stereocenters. The molecule has 0 fully saturated rings. The molecule has 0 radical (unpaired) electrons. The fourth-order valence-corrected chi connectivity index (χ4v) is 1.07. The molecular formula is C11H15N3. The zero-order chi connectivity index (χ0) is 10.4. The van der Waals surface area contributed by atoms with E-state index in [0.717, 1.165) is 18.7 Å². The van der Waals surface area contributed by atoms with Gasteiger partial charge in [0.05, 0.1) is 11.9 Å². The summed E-state index contributed by atoms with van der Waals surface area (Å²) < 4.78 is 0. The van der Waals surface area contributed by atoms with Gasteiger partial charge in [-0.3, -0.25) is 0 Å². The van der Waals surface area contributed by atoms with Crippen LogP contribution >= 0.6 is 0 Å². The number of hydrogen-bond donors (Lipinski definition) is 1. The summed E-state index contributed by atoms with van der Waals surface area (Å²) in [4.78, 5) is 3.97. The van der Waals surface area contributed by atoms with Crippen molar-refractivity contribution < 1.29 is 0 Å². The Morgan fingerprint density at radius 3 is 2.79 bits per heavy atom. The topological polar surface area (TPSA) is 48.7 Å². The van der Waals surface area contributed by atoms with Gasteiger partial charge >= 0.3 is 0 Å². The third kappa shape index (κ3) is 3.44. The van der Waals surface area contributed by atoms with Gasteiger partial charge in [-0.25, -0.2) is 4.98 Å². The van der Waals surface area contributed by atoms with Crippen molar-refractivity contribution in [2.24, 2.45) is 5.92 Å². The number of rotatable bonds is 4. The van der Waals surface area contributed by atoms with Crippen LogP contribution in [0.25, 0.3) is 0 Å². The van der Waals surface area contributed by atoms with Gasteiger partial charge in [0.2, 0.25) is 0 Å². The van der Waals surface area contributed by atoms with Crippen molar-refractivity contribution in [3.05, 3.63) is 24.0 Å². The lowest BCUT2D eigenvalue weighted by atomic mass is 10.1. The highest BCUT2D eigenvalue weighted by Crippen LogP contribution is 2.06. The van der Waals surface area contributed by atoms with Gasteiger partial charge < -0.3 is 5.32 Å².